The van der Waals surface area contributed by atoms with E-state index in [0.29, 0.717) is 24.4 Å². The highest BCUT2D eigenvalue weighted by atomic mass is 16.6. The summed E-state index contributed by atoms with van der Waals surface area (Å²) in [6, 6.07) is 16.7. The molecular formula is C31H34BN6O6. The van der Waals surface area contributed by atoms with E-state index in [4.69, 9.17) is 19.2 Å². The zero-order valence-electron chi connectivity index (χ0n) is 25.4. The van der Waals surface area contributed by atoms with Crippen LogP contribution in [0.15, 0.2) is 85.6 Å². The molecule has 227 valence electrons. The third kappa shape index (κ3) is 8.22. The maximum absolute atomic E-state index is 12.2. The molecule has 0 aromatic carbocycles. The van der Waals surface area contributed by atoms with Crippen molar-refractivity contribution in [1.29, 1.82) is 0 Å². The predicted molar refractivity (Wildman–Crippen MR) is 167 cm³/mol. The largest absolute Gasteiger partial charge is 0.570 e. The summed E-state index contributed by atoms with van der Waals surface area (Å²) < 4.78 is 18.1. The first-order chi connectivity index (χ1) is 20.9. The van der Waals surface area contributed by atoms with Gasteiger partial charge in [-0.25, -0.2) is 29.1 Å². The third-order valence-corrected chi connectivity index (χ3v) is 5.64. The van der Waals surface area contributed by atoms with Crippen LogP contribution in [0, 0.1) is 0 Å². The molecule has 0 unspecified atom stereocenters. The van der Waals surface area contributed by atoms with Gasteiger partial charge in [0.1, 0.15) is 22.5 Å². The number of pyridine rings is 3. The summed E-state index contributed by atoms with van der Waals surface area (Å²) in [6.07, 6.45) is 7.54. The van der Waals surface area contributed by atoms with E-state index in [1.807, 2.05) is 63.4 Å². The molecule has 0 amide bonds. The number of ether oxygens (including phenoxy) is 2. The fourth-order valence-corrected chi connectivity index (χ4v) is 3.94. The Morgan fingerprint density at radius 2 is 1.36 bits per heavy atom. The highest BCUT2D eigenvalue weighted by Crippen LogP contribution is 2.25. The van der Waals surface area contributed by atoms with Crippen LogP contribution in [0.5, 0.6) is 5.88 Å². The second-order valence-electron chi connectivity index (χ2n) is 11.4. The van der Waals surface area contributed by atoms with Gasteiger partial charge in [0.05, 0.1) is 0 Å². The summed E-state index contributed by atoms with van der Waals surface area (Å²) >= 11 is 0. The maximum atomic E-state index is 12.2. The van der Waals surface area contributed by atoms with E-state index in [9.17, 15) is 9.59 Å². The molecule has 6 aromatic rings. The number of nitrogens with one attached hydrogen (secondary N) is 1. The lowest BCUT2D eigenvalue weighted by molar-refractivity contribution is 0.0527. The van der Waals surface area contributed by atoms with Crippen LogP contribution in [0.4, 0.5) is 9.59 Å². The molecule has 0 aliphatic rings. The molecule has 0 saturated heterocycles. The summed E-state index contributed by atoms with van der Waals surface area (Å²) in [6.45, 7) is 10.8. The van der Waals surface area contributed by atoms with Crippen molar-refractivity contribution in [2.24, 2.45) is 0 Å². The van der Waals surface area contributed by atoms with Crippen LogP contribution in [0.2, 0.25) is 0 Å². The van der Waals surface area contributed by atoms with E-state index in [-0.39, 0.29) is 5.88 Å². The molecule has 2 N–H and O–H groups in total. The van der Waals surface area contributed by atoms with Crippen molar-refractivity contribution >= 4 is 53.0 Å². The van der Waals surface area contributed by atoms with Gasteiger partial charge in [0, 0.05) is 53.2 Å². The summed E-state index contributed by atoms with van der Waals surface area (Å²) in [5.41, 5.74) is 0.855. The minimum atomic E-state index is -0.636. The van der Waals surface area contributed by atoms with E-state index < -0.39 is 23.4 Å². The standard InChI is InChI=1S/C12H14BN2O4.C12H14N2O2.C7H6N2/c1-12(2,3)18-11(16)15-9(19-13-17)7-8-5-4-6-14-10(8)15;1-12(2,3)16-11(15)14-8-6-9-5-4-7-13-10(9)14;1-2-6-3-5-9-7(6)8-4-1/h4-7,17H,1-3H3;4-8H,1-3H3;1-5H,(H,8,9). The average Bonchev–Trinajstić information content (AvgIpc) is 3.68. The minimum Gasteiger partial charge on any atom is -0.524 e. The van der Waals surface area contributed by atoms with Gasteiger partial charge in [-0.15, -0.1) is 0 Å². The van der Waals surface area contributed by atoms with Crippen molar-refractivity contribution in [2.75, 3.05) is 0 Å². The molecule has 0 saturated carbocycles. The Bertz CT molecular complexity index is 1830. The smallest absolute Gasteiger partial charge is 0.524 e. The Kier molecular flexibility index (Phi) is 9.69. The molecule has 6 rings (SSSR count). The molecule has 1 radical (unpaired) electrons. The first-order valence-corrected chi connectivity index (χ1v) is 13.7. The van der Waals surface area contributed by atoms with Crippen LogP contribution in [0.3, 0.4) is 0 Å². The van der Waals surface area contributed by atoms with E-state index in [2.05, 4.69) is 19.9 Å². The Hall–Kier alpha value is -5.17. The highest BCUT2D eigenvalue weighted by Gasteiger charge is 2.23. The van der Waals surface area contributed by atoms with Crippen LogP contribution < -0.4 is 4.65 Å². The maximum Gasteiger partial charge on any atom is 0.570 e. The molecular weight excluding hydrogens is 563 g/mol. The monoisotopic (exact) mass is 597 g/mol. The van der Waals surface area contributed by atoms with E-state index in [1.54, 1.807) is 63.8 Å². The van der Waals surface area contributed by atoms with Crippen LogP contribution in [-0.4, -0.2) is 65.2 Å². The van der Waals surface area contributed by atoms with Gasteiger partial charge in [-0.2, -0.15) is 4.57 Å². The quantitative estimate of drug-likeness (QED) is 0.226. The first-order valence-electron chi connectivity index (χ1n) is 13.7. The fourth-order valence-electron chi connectivity index (χ4n) is 3.94. The third-order valence-electron chi connectivity index (χ3n) is 5.64. The molecule has 0 fully saturated rings. The van der Waals surface area contributed by atoms with Crippen molar-refractivity contribution in [3.63, 3.8) is 0 Å². The second-order valence-corrected chi connectivity index (χ2v) is 11.4. The fraction of sp³-hybridized carbons (Fsp3) is 0.258. The van der Waals surface area contributed by atoms with Crippen molar-refractivity contribution in [1.82, 2.24) is 29.1 Å². The Labute approximate surface area is 254 Å². The number of hydrogen-bond acceptors (Lipinski definition) is 9. The van der Waals surface area contributed by atoms with Crippen LogP contribution in [0.1, 0.15) is 41.5 Å². The number of fused-ring (bicyclic) bond motifs is 3. The van der Waals surface area contributed by atoms with E-state index in [0.717, 1.165) is 16.4 Å². The second kappa shape index (κ2) is 13.4. The van der Waals surface area contributed by atoms with E-state index >= 15 is 0 Å². The Balaban J connectivity index is 0.000000159. The summed E-state index contributed by atoms with van der Waals surface area (Å²) in [4.78, 5) is 39.4. The minimum absolute atomic E-state index is 0.144. The summed E-state index contributed by atoms with van der Waals surface area (Å²) in [5, 5.41) is 11.6. The lowest BCUT2D eigenvalue weighted by atomic mass is 10.2. The lowest BCUT2D eigenvalue weighted by Gasteiger charge is -2.20. The Morgan fingerprint density at radius 3 is 2.00 bits per heavy atom. The molecule has 0 aliphatic heterocycles. The lowest BCUT2D eigenvalue weighted by Crippen LogP contribution is -2.27. The molecule has 0 atom stereocenters. The molecule has 44 heavy (non-hydrogen) atoms. The molecule has 0 aliphatic carbocycles. The normalized spacial score (nSPS) is 11.2. The van der Waals surface area contributed by atoms with Gasteiger partial charge < -0.3 is 24.1 Å². The van der Waals surface area contributed by atoms with Crippen LogP contribution >= 0.6 is 0 Å². The SMILES string of the molecule is CC(C)(C)OC(=O)n1c(O[B]O)cc2cccnc21.CC(C)(C)OC(=O)n1ccc2cccnc21.c1cnc2[nH]ccc2c1. The topological polar surface area (TPSA) is 146 Å². The molecule has 13 heteroatoms. The molecule has 0 bridgehead atoms. The van der Waals surface area contributed by atoms with Gasteiger partial charge in [-0.1, -0.05) is 0 Å². The number of hydrogen-bond donors (Lipinski definition) is 2. The van der Waals surface area contributed by atoms with Crippen molar-refractivity contribution in [2.45, 2.75) is 52.7 Å². The van der Waals surface area contributed by atoms with Crippen LogP contribution in [-0.2, 0) is 9.47 Å². The number of carbonyl (C=O) groups is 2. The van der Waals surface area contributed by atoms with Gasteiger partial charge >= 0.3 is 19.9 Å². The summed E-state index contributed by atoms with van der Waals surface area (Å²) in [5.74, 6) is 0.144. The van der Waals surface area contributed by atoms with Crippen molar-refractivity contribution in [3.05, 3.63) is 85.6 Å². The number of aromatic nitrogens is 6. The van der Waals surface area contributed by atoms with Gasteiger partial charge in [0.2, 0.25) is 0 Å². The molecule has 12 nitrogen and oxygen atoms in total. The van der Waals surface area contributed by atoms with E-state index in [1.165, 1.54) is 9.13 Å². The van der Waals surface area contributed by atoms with Gasteiger partial charge in [-0.3, -0.25) is 0 Å². The first kappa shape index (κ1) is 31.8. The van der Waals surface area contributed by atoms with Gasteiger partial charge in [0.25, 0.3) is 0 Å². The number of aromatic amines is 1. The van der Waals surface area contributed by atoms with Gasteiger partial charge in [-0.05, 0) is 90.1 Å². The van der Waals surface area contributed by atoms with Crippen molar-refractivity contribution < 1.29 is 28.7 Å². The van der Waals surface area contributed by atoms with Crippen molar-refractivity contribution in [3.8, 4) is 5.88 Å². The molecule has 6 heterocycles. The van der Waals surface area contributed by atoms with Crippen LogP contribution in [0.25, 0.3) is 33.1 Å². The zero-order chi connectivity index (χ0) is 31.9. The summed E-state index contributed by atoms with van der Waals surface area (Å²) in [7, 11) is 0.509. The van der Waals surface area contributed by atoms with Gasteiger partial charge in [0.15, 0.2) is 11.5 Å². The number of carbonyl (C=O) groups excluding carboxylic acids is 2. The molecule has 6 aromatic heterocycles. The average molecular weight is 597 g/mol. The number of nitrogens with zero attached hydrogens (tertiary/aromatic N) is 5. The predicted octanol–water partition coefficient (Wildman–Crippen LogP) is 6.11. The number of H-pyrrole nitrogens is 1. The highest BCUT2D eigenvalue weighted by molar-refractivity contribution is 6.17. The number of rotatable bonds is 2. The molecule has 0 spiro atoms. The Morgan fingerprint density at radius 1 is 0.773 bits per heavy atom. The zero-order valence-corrected chi connectivity index (χ0v) is 25.4.